The fourth-order valence-electron chi connectivity index (χ4n) is 2.36. The summed E-state index contributed by atoms with van der Waals surface area (Å²) in [4.78, 5) is 0. The van der Waals surface area contributed by atoms with Crippen LogP contribution in [0.1, 0.15) is 32.1 Å². The molecule has 0 unspecified atom stereocenters. The second-order valence-electron chi connectivity index (χ2n) is 3.91. The Hall–Kier alpha value is 0.500. The summed E-state index contributed by atoms with van der Waals surface area (Å²) in [7, 11) is 0. The van der Waals surface area contributed by atoms with E-state index in [1.54, 1.807) is 0 Å². The minimum Gasteiger partial charge on any atom is -0.317 e. The van der Waals surface area contributed by atoms with Gasteiger partial charge in [0.05, 0.1) is 0 Å². The van der Waals surface area contributed by atoms with Gasteiger partial charge in [-0.25, -0.2) is 0 Å². The van der Waals surface area contributed by atoms with Crippen molar-refractivity contribution < 1.29 is 0 Å². The molecule has 13 heavy (non-hydrogen) atoms. The topological polar surface area (TPSA) is 24.1 Å². The molecule has 2 heterocycles. The van der Waals surface area contributed by atoms with E-state index in [0.717, 1.165) is 0 Å². The third-order valence-corrected chi connectivity index (χ3v) is 3.14. The van der Waals surface area contributed by atoms with E-state index < -0.39 is 0 Å². The lowest BCUT2D eigenvalue weighted by atomic mass is 9.81. The van der Waals surface area contributed by atoms with Gasteiger partial charge in [0.25, 0.3) is 0 Å². The first-order chi connectivity index (χ1) is 5.41. The second-order valence-corrected chi connectivity index (χ2v) is 3.91. The van der Waals surface area contributed by atoms with Gasteiger partial charge in [-0.1, -0.05) is 6.42 Å². The van der Waals surface area contributed by atoms with Crippen LogP contribution >= 0.6 is 24.8 Å². The highest BCUT2D eigenvalue weighted by Gasteiger charge is 2.32. The van der Waals surface area contributed by atoms with Crippen LogP contribution in [0.2, 0.25) is 0 Å². The number of halogens is 2. The molecular weight excluding hydrogens is 207 g/mol. The van der Waals surface area contributed by atoms with Crippen molar-refractivity contribution in [3.63, 3.8) is 0 Å². The van der Waals surface area contributed by atoms with Gasteiger partial charge in [0.1, 0.15) is 0 Å². The average Bonchev–Trinajstić information content (AvgIpc) is 2.07. The maximum atomic E-state index is 3.69. The summed E-state index contributed by atoms with van der Waals surface area (Å²) >= 11 is 0. The summed E-state index contributed by atoms with van der Waals surface area (Å²) in [5, 5.41) is 7.11. The van der Waals surface area contributed by atoms with Crippen LogP contribution in [0.15, 0.2) is 0 Å². The molecule has 0 aromatic rings. The van der Waals surface area contributed by atoms with Gasteiger partial charge in [-0.2, -0.15) is 0 Å². The van der Waals surface area contributed by atoms with Crippen molar-refractivity contribution in [1.82, 2.24) is 10.6 Å². The van der Waals surface area contributed by atoms with Crippen LogP contribution in [0, 0.1) is 0 Å². The summed E-state index contributed by atoms with van der Waals surface area (Å²) in [6, 6.07) is 0. The van der Waals surface area contributed by atoms with E-state index in [0.29, 0.717) is 5.54 Å². The summed E-state index contributed by atoms with van der Waals surface area (Å²) in [6.45, 7) is 3.68. The molecule has 2 fully saturated rings. The number of nitrogens with one attached hydrogen (secondary N) is 2. The average molecular weight is 227 g/mol. The minimum atomic E-state index is 0. The van der Waals surface area contributed by atoms with Gasteiger partial charge in [0.15, 0.2) is 0 Å². The standard InChI is InChI=1S/C9H18N2.2ClH/c1-2-6-11-9(3-1)4-7-10-8-5-9;;/h10-11H,1-8H2;2*1H. The molecule has 0 radical (unpaired) electrons. The van der Waals surface area contributed by atoms with E-state index in [1.165, 1.54) is 51.7 Å². The predicted octanol–water partition coefficient (Wildman–Crippen LogP) is 1.73. The molecule has 0 saturated carbocycles. The van der Waals surface area contributed by atoms with Crippen LogP contribution in [0.25, 0.3) is 0 Å². The molecule has 4 heteroatoms. The summed E-state index contributed by atoms with van der Waals surface area (Å²) in [5.41, 5.74) is 0.545. The summed E-state index contributed by atoms with van der Waals surface area (Å²) < 4.78 is 0. The Morgan fingerprint density at radius 2 is 1.46 bits per heavy atom. The highest BCUT2D eigenvalue weighted by molar-refractivity contribution is 5.85. The predicted molar refractivity (Wildman–Crippen MR) is 61.2 cm³/mol. The van der Waals surface area contributed by atoms with Gasteiger partial charge >= 0.3 is 0 Å². The zero-order valence-corrected chi connectivity index (χ0v) is 9.61. The van der Waals surface area contributed by atoms with Crippen LogP contribution in [-0.2, 0) is 0 Å². The van der Waals surface area contributed by atoms with Crippen molar-refractivity contribution in [2.24, 2.45) is 0 Å². The van der Waals surface area contributed by atoms with Crippen LogP contribution in [0.5, 0.6) is 0 Å². The van der Waals surface area contributed by atoms with Crippen LogP contribution < -0.4 is 10.6 Å². The van der Waals surface area contributed by atoms with Crippen molar-refractivity contribution in [3.05, 3.63) is 0 Å². The van der Waals surface area contributed by atoms with Gasteiger partial charge < -0.3 is 10.6 Å². The van der Waals surface area contributed by atoms with Gasteiger partial charge in [-0.3, -0.25) is 0 Å². The molecule has 0 atom stereocenters. The minimum absolute atomic E-state index is 0. The molecule has 80 valence electrons. The third-order valence-electron chi connectivity index (χ3n) is 3.14. The SMILES string of the molecule is C1CCC2(CCNCC2)NC1.Cl.Cl. The number of hydrogen-bond donors (Lipinski definition) is 2. The summed E-state index contributed by atoms with van der Waals surface area (Å²) in [6.07, 6.45) is 6.91. The lowest BCUT2D eigenvalue weighted by Gasteiger charge is -2.41. The Labute approximate surface area is 93.1 Å². The smallest absolute Gasteiger partial charge is 0.0205 e. The van der Waals surface area contributed by atoms with E-state index in [4.69, 9.17) is 0 Å². The molecule has 1 spiro atoms. The Bertz CT molecular complexity index is 110. The van der Waals surface area contributed by atoms with E-state index in [9.17, 15) is 0 Å². The number of hydrogen-bond acceptors (Lipinski definition) is 2. The van der Waals surface area contributed by atoms with Gasteiger partial charge in [-0.05, 0) is 45.3 Å². The van der Waals surface area contributed by atoms with E-state index in [-0.39, 0.29) is 24.8 Å². The second kappa shape index (κ2) is 6.07. The Balaban J connectivity index is 0.000000720. The fourth-order valence-corrected chi connectivity index (χ4v) is 2.36. The number of piperidine rings is 2. The Kier molecular flexibility index (Phi) is 6.31. The van der Waals surface area contributed by atoms with Crippen LogP contribution in [0.3, 0.4) is 0 Å². The molecule has 0 aliphatic carbocycles. The normalized spacial score (nSPS) is 25.8. The van der Waals surface area contributed by atoms with E-state index in [1.807, 2.05) is 0 Å². The quantitative estimate of drug-likeness (QED) is 0.658. The first-order valence-electron chi connectivity index (χ1n) is 4.87. The molecule has 2 N–H and O–H groups in total. The molecule has 0 aromatic carbocycles. The van der Waals surface area contributed by atoms with Gasteiger partial charge in [-0.15, -0.1) is 24.8 Å². The van der Waals surface area contributed by atoms with Crippen molar-refractivity contribution in [2.45, 2.75) is 37.6 Å². The van der Waals surface area contributed by atoms with Crippen LogP contribution in [-0.4, -0.2) is 25.2 Å². The maximum absolute atomic E-state index is 3.69. The molecule has 0 aromatic heterocycles. The largest absolute Gasteiger partial charge is 0.317 e. The zero-order chi connectivity index (χ0) is 7.57. The van der Waals surface area contributed by atoms with Crippen molar-refractivity contribution in [1.29, 1.82) is 0 Å². The Morgan fingerprint density at radius 3 is 2.00 bits per heavy atom. The van der Waals surface area contributed by atoms with Gasteiger partial charge in [0.2, 0.25) is 0 Å². The molecule has 2 aliphatic rings. The van der Waals surface area contributed by atoms with Crippen molar-refractivity contribution in [2.75, 3.05) is 19.6 Å². The molecule has 2 saturated heterocycles. The first-order valence-corrected chi connectivity index (χ1v) is 4.87. The number of rotatable bonds is 0. The molecule has 0 bridgehead atoms. The Morgan fingerprint density at radius 1 is 0.769 bits per heavy atom. The molecule has 2 rings (SSSR count). The van der Waals surface area contributed by atoms with E-state index in [2.05, 4.69) is 10.6 Å². The lowest BCUT2D eigenvalue weighted by Crippen LogP contribution is -2.54. The molecular formula is C9H20Cl2N2. The molecule has 2 nitrogen and oxygen atoms in total. The fraction of sp³-hybridized carbons (Fsp3) is 1.00. The van der Waals surface area contributed by atoms with Crippen molar-refractivity contribution in [3.8, 4) is 0 Å². The first kappa shape index (κ1) is 13.5. The zero-order valence-electron chi connectivity index (χ0n) is 7.97. The lowest BCUT2D eigenvalue weighted by molar-refractivity contribution is 0.194. The van der Waals surface area contributed by atoms with E-state index >= 15 is 0 Å². The third kappa shape index (κ3) is 3.28. The van der Waals surface area contributed by atoms with Crippen LogP contribution in [0.4, 0.5) is 0 Å². The monoisotopic (exact) mass is 226 g/mol. The van der Waals surface area contributed by atoms with Gasteiger partial charge in [0, 0.05) is 5.54 Å². The van der Waals surface area contributed by atoms with Crippen molar-refractivity contribution >= 4 is 24.8 Å². The molecule has 0 amide bonds. The summed E-state index contributed by atoms with van der Waals surface area (Å²) in [5.74, 6) is 0. The molecule has 2 aliphatic heterocycles. The maximum Gasteiger partial charge on any atom is 0.0205 e. The highest BCUT2D eigenvalue weighted by Crippen LogP contribution is 2.27. The highest BCUT2D eigenvalue weighted by atomic mass is 35.5.